The second-order valence-corrected chi connectivity index (χ2v) is 3.00. The highest BCUT2D eigenvalue weighted by molar-refractivity contribution is 6.46. The Morgan fingerprint density at radius 3 is 3.07 bits per heavy atom. The minimum absolute atomic E-state index is 0.153. The molecule has 2 rings (SSSR count). The number of methoxy groups -OCH3 is 1. The van der Waals surface area contributed by atoms with E-state index in [1.54, 1.807) is 12.4 Å². The van der Waals surface area contributed by atoms with Crippen LogP contribution < -0.4 is 0 Å². The fraction of sp³-hybridized carbons (Fsp3) is 0.333. The Morgan fingerprint density at radius 1 is 1.60 bits per heavy atom. The van der Waals surface area contributed by atoms with Gasteiger partial charge >= 0.3 is 0 Å². The number of ether oxygens (including phenoxy) is 1. The summed E-state index contributed by atoms with van der Waals surface area (Å²) in [5.74, 6) is 0.670. The number of Topliss-reactive ketones (excluding diaryl/α,β-unsaturated/α-hetero) is 1. The Balaban J connectivity index is 2.40. The molecule has 6 heteroatoms. The van der Waals surface area contributed by atoms with E-state index in [1.165, 1.54) is 19.0 Å². The third kappa shape index (κ3) is 1.65. The molecule has 0 atom stereocenters. The molecule has 0 saturated carbocycles. The standard InChI is InChI=1S/C9H10N4O2/c1-6(14)8-7(15-2)5-13-9(12-8)10-3-4-11-13/h4-5H,3H2,1-2H3. The van der Waals surface area contributed by atoms with Crippen molar-refractivity contribution in [3.05, 3.63) is 12.0 Å². The molecule has 15 heavy (non-hydrogen) atoms. The van der Waals surface area contributed by atoms with Gasteiger partial charge in [0.05, 0.1) is 19.9 Å². The van der Waals surface area contributed by atoms with Crippen LogP contribution in [0.5, 0.6) is 0 Å². The molecular formula is C9H10N4O2. The summed E-state index contributed by atoms with van der Waals surface area (Å²) in [7, 11) is 1.49. The minimum Gasteiger partial charge on any atom is -0.493 e. The van der Waals surface area contributed by atoms with E-state index >= 15 is 0 Å². The van der Waals surface area contributed by atoms with Crippen molar-refractivity contribution in [3.63, 3.8) is 0 Å². The van der Waals surface area contributed by atoms with Crippen LogP contribution in [0.25, 0.3) is 0 Å². The zero-order chi connectivity index (χ0) is 10.8. The van der Waals surface area contributed by atoms with Gasteiger partial charge in [0.15, 0.2) is 17.3 Å². The molecule has 78 valence electrons. The number of hydrogen-bond donors (Lipinski definition) is 0. The van der Waals surface area contributed by atoms with Gasteiger partial charge < -0.3 is 4.74 Å². The molecule has 0 spiro atoms. The van der Waals surface area contributed by atoms with E-state index in [-0.39, 0.29) is 11.5 Å². The monoisotopic (exact) mass is 206 g/mol. The molecule has 0 aromatic heterocycles. The van der Waals surface area contributed by atoms with E-state index in [4.69, 9.17) is 4.74 Å². The van der Waals surface area contributed by atoms with Crippen LogP contribution >= 0.6 is 0 Å². The molecule has 6 nitrogen and oxygen atoms in total. The van der Waals surface area contributed by atoms with Crippen LogP contribution in [0.2, 0.25) is 0 Å². The van der Waals surface area contributed by atoms with Gasteiger partial charge in [-0.3, -0.25) is 4.79 Å². The largest absolute Gasteiger partial charge is 0.493 e. The first-order valence-electron chi connectivity index (χ1n) is 4.44. The first kappa shape index (κ1) is 9.57. The third-order valence-electron chi connectivity index (χ3n) is 1.96. The number of hydrogen-bond acceptors (Lipinski definition) is 6. The normalized spacial score (nSPS) is 18.8. The van der Waals surface area contributed by atoms with Gasteiger partial charge in [0, 0.05) is 13.1 Å². The number of nitrogens with zero attached hydrogens (tertiary/aromatic N) is 4. The van der Waals surface area contributed by atoms with Gasteiger partial charge in [-0.25, -0.2) is 15.0 Å². The Bertz CT molecular complexity index is 420. The molecule has 0 aromatic carbocycles. The van der Waals surface area contributed by atoms with Crippen molar-refractivity contribution in [1.29, 1.82) is 0 Å². The first-order chi connectivity index (χ1) is 7.22. The zero-order valence-corrected chi connectivity index (χ0v) is 8.47. The summed E-state index contributed by atoms with van der Waals surface area (Å²) in [4.78, 5) is 19.5. The topological polar surface area (TPSA) is 66.6 Å². The Hall–Kier alpha value is -1.98. The average molecular weight is 206 g/mol. The molecule has 2 aliphatic heterocycles. The van der Waals surface area contributed by atoms with Crippen LogP contribution in [0.1, 0.15) is 6.92 Å². The molecule has 0 aromatic rings. The maximum absolute atomic E-state index is 11.3. The van der Waals surface area contributed by atoms with Crippen LogP contribution in [0.3, 0.4) is 0 Å². The second-order valence-electron chi connectivity index (χ2n) is 3.00. The summed E-state index contributed by atoms with van der Waals surface area (Å²) >= 11 is 0. The van der Waals surface area contributed by atoms with Crippen LogP contribution in [0, 0.1) is 0 Å². The van der Waals surface area contributed by atoms with Gasteiger partial charge in [0.25, 0.3) is 0 Å². The van der Waals surface area contributed by atoms with Crippen molar-refractivity contribution in [2.45, 2.75) is 6.92 Å². The minimum atomic E-state index is -0.153. The number of guanidine groups is 1. The molecule has 2 heterocycles. The highest BCUT2D eigenvalue weighted by atomic mass is 16.5. The quantitative estimate of drug-likeness (QED) is 0.647. The van der Waals surface area contributed by atoms with Crippen molar-refractivity contribution in [2.75, 3.05) is 13.7 Å². The Kier molecular flexibility index (Phi) is 2.32. The van der Waals surface area contributed by atoms with E-state index in [9.17, 15) is 4.79 Å². The van der Waals surface area contributed by atoms with E-state index in [0.717, 1.165) is 0 Å². The lowest BCUT2D eigenvalue weighted by Crippen LogP contribution is -2.32. The van der Waals surface area contributed by atoms with Gasteiger partial charge in [-0.05, 0) is 0 Å². The number of carbonyl (C=O) groups is 1. The van der Waals surface area contributed by atoms with Gasteiger partial charge in [-0.1, -0.05) is 0 Å². The van der Waals surface area contributed by atoms with Gasteiger partial charge in [0.1, 0.15) is 0 Å². The Morgan fingerprint density at radius 2 is 2.40 bits per heavy atom. The van der Waals surface area contributed by atoms with Crippen LogP contribution in [-0.2, 0) is 9.53 Å². The van der Waals surface area contributed by atoms with Crippen molar-refractivity contribution in [2.24, 2.45) is 15.1 Å². The van der Waals surface area contributed by atoms with E-state index < -0.39 is 0 Å². The van der Waals surface area contributed by atoms with Crippen LogP contribution in [-0.4, -0.2) is 42.3 Å². The smallest absolute Gasteiger partial charge is 0.247 e. The summed E-state index contributed by atoms with van der Waals surface area (Å²) in [6.45, 7) is 1.92. The molecule has 0 aliphatic carbocycles. The first-order valence-corrected chi connectivity index (χ1v) is 4.44. The lowest BCUT2D eigenvalue weighted by Gasteiger charge is -2.22. The summed E-state index contributed by atoms with van der Waals surface area (Å²) in [6.07, 6.45) is 3.25. The Labute approximate surface area is 86.6 Å². The van der Waals surface area contributed by atoms with Gasteiger partial charge in [-0.15, -0.1) is 0 Å². The van der Waals surface area contributed by atoms with E-state index in [2.05, 4.69) is 15.1 Å². The van der Waals surface area contributed by atoms with Crippen molar-refractivity contribution in [1.82, 2.24) is 5.01 Å². The molecule has 0 unspecified atom stereocenters. The van der Waals surface area contributed by atoms with Crippen LogP contribution in [0.15, 0.2) is 27.0 Å². The number of allylic oxidation sites excluding steroid dienone is 1. The SMILES string of the molecule is COC1=CN2N=CCN=C2N=C1C(C)=O. The fourth-order valence-corrected chi connectivity index (χ4v) is 1.28. The molecule has 0 radical (unpaired) electrons. The number of fused-ring (bicyclic) bond motifs is 1. The van der Waals surface area contributed by atoms with Gasteiger partial charge in [-0.2, -0.15) is 5.10 Å². The number of carbonyl (C=O) groups excluding carboxylic acids is 1. The third-order valence-corrected chi connectivity index (χ3v) is 1.96. The number of ketones is 1. The van der Waals surface area contributed by atoms with Crippen molar-refractivity contribution < 1.29 is 9.53 Å². The predicted octanol–water partition coefficient (Wildman–Crippen LogP) is 0.175. The summed E-state index contributed by atoms with van der Waals surface area (Å²) in [5.41, 5.74) is 0.282. The molecule has 0 saturated heterocycles. The lowest BCUT2D eigenvalue weighted by atomic mass is 10.2. The molecule has 0 bridgehead atoms. The maximum Gasteiger partial charge on any atom is 0.247 e. The highest BCUT2D eigenvalue weighted by Gasteiger charge is 2.24. The molecule has 0 N–H and O–H groups in total. The summed E-state index contributed by atoms with van der Waals surface area (Å²) in [5, 5.41) is 5.53. The van der Waals surface area contributed by atoms with Crippen LogP contribution in [0.4, 0.5) is 0 Å². The summed E-state index contributed by atoms with van der Waals surface area (Å²) in [6, 6.07) is 0. The predicted molar refractivity (Wildman–Crippen MR) is 55.8 cm³/mol. The molecular weight excluding hydrogens is 196 g/mol. The average Bonchev–Trinajstić information content (AvgIpc) is 2.27. The lowest BCUT2D eigenvalue weighted by molar-refractivity contribution is -0.111. The fourth-order valence-electron chi connectivity index (χ4n) is 1.28. The van der Waals surface area contributed by atoms with Crippen molar-refractivity contribution >= 4 is 23.7 Å². The number of rotatable bonds is 2. The zero-order valence-electron chi connectivity index (χ0n) is 8.47. The summed E-state index contributed by atoms with van der Waals surface area (Å²) < 4.78 is 5.05. The highest BCUT2D eigenvalue weighted by Crippen LogP contribution is 2.14. The van der Waals surface area contributed by atoms with Crippen molar-refractivity contribution in [3.8, 4) is 0 Å². The maximum atomic E-state index is 11.3. The second kappa shape index (κ2) is 3.64. The number of aliphatic imine (C=N–C) groups is 2. The molecule has 0 fully saturated rings. The van der Waals surface area contributed by atoms with E-state index in [0.29, 0.717) is 18.3 Å². The number of hydrazone groups is 1. The van der Waals surface area contributed by atoms with Gasteiger partial charge in [0.2, 0.25) is 5.96 Å². The molecule has 2 aliphatic rings. The van der Waals surface area contributed by atoms with E-state index in [1.807, 2.05) is 0 Å². The molecule has 0 amide bonds.